The van der Waals surface area contributed by atoms with Crippen molar-refractivity contribution in [3.8, 4) is 11.6 Å². The van der Waals surface area contributed by atoms with Gasteiger partial charge in [0.15, 0.2) is 0 Å². The standard InChI is InChI=1S/C19H24N4O3S/c24-27(25)14-4-13-23(27)16-9-7-15(8-10-16)21-19-20-12-11-18(22-19)26-17-5-2-1-3-6-17/h1-3,5-6,11-12,15-16H,4,7-10,13-14H2,(H,20,21,22). The highest BCUT2D eigenvalue weighted by molar-refractivity contribution is 7.89. The van der Waals surface area contributed by atoms with Gasteiger partial charge in [-0.05, 0) is 44.2 Å². The predicted molar refractivity (Wildman–Crippen MR) is 103 cm³/mol. The Morgan fingerprint density at radius 3 is 2.56 bits per heavy atom. The largest absolute Gasteiger partial charge is 0.439 e. The van der Waals surface area contributed by atoms with Gasteiger partial charge < -0.3 is 10.1 Å². The zero-order chi connectivity index (χ0) is 18.7. The van der Waals surface area contributed by atoms with Crippen LogP contribution in [-0.4, -0.2) is 47.1 Å². The summed E-state index contributed by atoms with van der Waals surface area (Å²) in [4.78, 5) is 8.72. The number of rotatable bonds is 5. The number of sulfonamides is 1. The second kappa shape index (κ2) is 7.82. The normalized spacial score (nSPS) is 25.2. The Morgan fingerprint density at radius 2 is 1.85 bits per heavy atom. The topological polar surface area (TPSA) is 84.4 Å². The quantitative estimate of drug-likeness (QED) is 0.848. The first-order valence-corrected chi connectivity index (χ1v) is 11.0. The molecule has 7 nitrogen and oxygen atoms in total. The third kappa shape index (κ3) is 4.39. The summed E-state index contributed by atoms with van der Waals surface area (Å²) in [7, 11) is -3.03. The van der Waals surface area contributed by atoms with E-state index in [1.54, 1.807) is 16.6 Å². The van der Waals surface area contributed by atoms with Crippen molar-refractivity contribution in [2.45, 2.75) is 44.2 Å². The van der Waals surface area contributed by atoms with E-state index in [0.29, 0.717) is 24.1 Å². The molecule has 0 amide bonds. The minimum Gasteiger partial charge on any atom is -0.439 e. The van der Waals surface area contributed by atoms with Gasteiger partial charge in [0.2, 0.25) is 21.9 Å². The van der Waals surface area contributed by atoms with Crippen molar-refractivity contribution in [3.63, 3.8) is 0 Å². The molecule has 2 fully saturated rings. The van der Waals surface area contributed by atoms with Crippen molar-refractivity contribution in [1.29, 1.82) is 0 Å². The third-order valence-electron chi connectivity index (χ3n) is 5.17. The average molecular weight is 388 g/mol. The molecule has 1 aliphatic heterocycles. The van der Waals surface area contributed by atoms with Crippen molar-refractivity contribution >= 4 is 16.0 Å². The monoisotopic (exact) mass is 388 g/mol. The first-order chi connectivity index (χ1) is 13.1. The fourth-order valence-electron chi connectivity index (χ4n) is 3.84. The number of hydrogen-bond donors (Lipinski definition) is 1. The van der Waals surface area contributed by atoms with Gasteiger partial charge in [-0.3, -0.25) is 0 Å². The second-order valence-electron chi connectivity index (χ2n) is 7.06. The molecule has 1 aromatic heterocycles. The van der Waals surface area contributed by atoms with E-state index >= 15 is 0 Å². The Kier molecular flexibility index (Phi) is 5.27. The van der Waals surface area contributed by atoms with Crippen LogP contribution in [0, 0.1) is 0 Å². The number of ether oxygens (including phenoxy) is 1. The number of para-hydroxylation sites is 1. The van der Waals surface area contributed by atoms with Crippen LogP contribution in [0.25, 0.3) is 0 Å². The van der Waals surface area contributed by atoms with E-state index < -0.39 is 10.0 Å². The average Bonchev–Trinajstić information content (AvgIpc) is 3.03. The lowest BCUT2D eigenvalue weighted by Crippen LogP contribution is -2.41. The lowest BCUT2D eigenvalue weighted by atomic mass is 9.91. The Bertz CT molecular complexity index is 868. The van der Waals surface area contributed by atoms with Crippen molar-refractivity contribution in [2.24, 2.45) is 0 Å². The maximum absolute atomic E-state index is 12.1. The van der Waals surface area contributed by atoms with Crippen molar-refractivity contribution in [2.75, 3.05) is 17.6 Å². The van der Waals surface area contributed by atoms with Crippen LogP contribution in [0.15, 0.2) is 42.6 Å². The van der Waals surface area contributed by atoms with Crippen molar-refractivity contribution in [3.05, 3.63) is 42.6 Å². The molecule has 0 unspecified atom stereocenters. The lowest BCUT2D eigenvalue weighted by molar-refractivity contribution is 0.257. The molecule has 1 aliphatic carbocycles. The van der Waals surface area contributed by atoms with Crippen LogP contribution in [0.2, 0.25) is 0 Å². The fourth-order valence-corrected chi connectivity index (χ4v) is 5.64. The molecular weight excluding hydrogens is 364 g/mol. The summed E-state index contributed by atoms with van der Waals surface area (Å²) in [6, 6.07) is 11.6. The number of benzene rings is 1. The Balaban J connectivity index is 1.33. The smallest absolute Gasteiger partial charge is 0.226 e. The Hall–Kier alpha value is -2.19. The SMILES string of the molecule is O=S1(=O)CCCN1C1CCC(Nc2nccc(Oc3ccccc3)n2)CC1. The third-order valence-corrected chi connectivity index (χ3v) is 7.17. The first kappa shape index (κ1) is 18.2. The second-order valence-corrected chi connectivity index (χ2v) is 9.10. The van der Waals surface area contributed by atoms with E-state index in [1.807, 2.05) is 30.3 Å². The van der Waals surface area contributed by atoms with Crippen molar-refractivity contribution in [1.82, 2.24) is 14.3 Å². The molecule has 27 heavy (non-hydrogen) atoms. The molecule has 1 N–H and O–H groups in total. The van der Waals surface area contributed by atoms with Crippen LogP contribution in [0.3, 0.4) is 0 Å². The van der Waals surface area contributed by atoms with E-state index in [2.05, 4.69) is 15.3 Å². The predicted octanol–water partition coefficient (Wildman–Crippen LogP) is 3.03. The van der Waals surface area contributed by atoms with E-state index in [9.17, 15) is 8.42 Å². The minimum absolute atomic E-state index is 0.143. The van der Waals surface area contributed by atoms with Gasteiger partial charge in [-0.25, -0.2) is 13.4 Å². The molecule has 1 saturated carbocycles. The summed E-state index contributed by atoms with van der Waals surface area (Å²) < 4.78 is 31.7. The van der Waals surface area contributed by atoms with E-state index in [4.69, 9.17) is 4.74 Å². The van der Waals surface area contributed by atoms with Crippen LogP contribution in [-0.2, 0) is 10.0 Å². The van der Waals surface area contributed by atoms with Gasteiger partial charge in [-0.15, -0.1) is 0 Å². The van der Waals surface area contributed by atoms with Crippen LogP contribution in [0.4, 0.5) is 5.95 Å². The zero-order valence-electron chi connectivity index (χ0n) is 15.1. The molecule has 0 radical (unpaired) electrons. The zero-order valence-corrected chi connectivity index (χ0v) is 15.9. The molecule has 2 aliphatic rings. The lowest BCUT2D eigenvalue weighted by Gasteiger charge is -2.33. The summed E-state index contributed by atoms with van der Waals surface area (Å²) in [5, 5.41) is 3.37. The molecule has 2 heterocycles. The molecule has 1 saturated heterocycles. The first-order valence-electron chi connectivity index (χ1n) is 9.42. The molecule has 1 aromatic carbocycles. The van der Waals surface area contributed by atoms with E-state index in [0.717, 1.165) is 37.9 Å². The van der Waals surface area contributed by atoms with Gasteiger partial charge in [0.25, 0.3) is 0 Å². The number of nitrogens with zero attached hydrogens (tertiary/aromatic N) is 3. The summed E-state index contributed by atoms with van der Waals surface area (Å²) in [5.74, 6) is 2.07. The number of hydrogen-bond acceptors (Lipinski definition) is 6. The summed E-state index contributed by atoms with van der Waals surface area (Å²) in [6.45, 7) is 0.674. The van der Waals surface area contributed by atoms with Crippen molar-refractivity contribution < 1.29 is 13.2 Å². The molecule has 144 valence electrons. The summed E-state index contributed by atoms with van der Waals surface area (Å²) in [5.41, 5.74) is 0. The molecule has 0 bridgehead atoms. The Labute approximate surface area is 159 Å². The number of nitrogens with one attached hydrogen (secondary N) is 1. The van der Waals surface area contributed by atoms with Crippen LogP contribution in [0.1, 0.15) is 32.1 Å². The van der Waals surface area contributed by atoms with E-state index in [1.165, 1.54) is 0 Å². The molecule has 0 atom stereocenters. The summed E-state index contributed by atoms with van der Waals surface area (Å²) >= 11 is 0. The van der Waals surface area contributed by atoms with Crippen LogP contribution < -0.4 is 10.1 Å². The van der Waals surface area contributed by atoms with Gasteiger partial charge in [0, 0.05) is 30.9 Å². The molecule has 2 aromatic rings. The highest BCUT2D eigenvalue weighted by Gasteiger charge is 2.36. The van der Waals surface area contributed by atoms with Gasteiger partial charge in [-0.2, -0.15) is 9.29 Å². The molecule has 4 rings (SSSR count). The molecule has 0 spiro atoms. The molecule has 8 heteroatoms. The molecular formula is C19H24N4O3S. The van der Waals surface area contributed by atoms with Crippen LogP contribution >= 0.6 is 0 Å². The highest BCUT2D eigenvalue weighted by atomic mass is 32.2. The van der Waals surface area contributed by atoms with Crippen LogP contribution in [0.5, 0.6) is 11.6 Å². The number of anilines is 1. The van der Waals surface area contributed by atoms with Gasteiger partial charge in [0.05, 0.1) is 5.75 Å². The maximum Gasteiger partial charge on any atom is 0.226 e. The minimum atomic E-state index is -3.03. The maximum atomic E-state index is 12.1. The van der Waals surface area contributed by atoms with Gasteiger partial charge in [-0.1, -0.05) is 18.2 Å². The van der Waals surface area contributed by atoms with E-state index in [-0.39, 0.29) is 12.1 Å². The fraction of sp³-hybridized carbons (Fsp3) is 0.474. The highest BCUT2D eigenvalue weighted by Crippen LogP contribution is 2.29. The Morgan fingerprint density at radius 1 is 1.07 bits per heavy atom. The van der Waals surface area contributed by atoms with Gasteiger partial charge >= 0.3 is 0 Å². The number of aromatic nitrogens is 2. The summed E-state index contributed by atoms with van der Waals surface area (Å²) in [6.07, 6.45) is 5.99. The van der Waals surface area contributed by atoms with Gasteiger partial charge in [0.1, 0.15) is 5.75 Å².